The molecule has 2 aromatic rings. The number of rotatable bonds is 3. The zero-order valence-corrected chi connectivity index (χ0v) is 10.7. The number of amides is 1. The summed E-state index contributed by atoms with van der Waals surface area (Å²) in [5, 5.41) is 2.87. The molecule has 2 heterocycles. The average molecular weight is 246 g/mol. The van der Waals surface area contributed by atoms with Crippen LogP contribution in [0.5, 0.6) is 0 Å². The van der Waals surface area contributed by atoms with E-state index in [9.17, 15) is 4.79 Å². The van der Waals surface area contributed by atoms with Crippen LogP contribution in [-0.4, -0.2) is 10.9 Å². The molecule has 2 rings (SSSR count). The van der Waals surface area contributed by atoms with Crippen molar-refractivity contribution in [2.45, 2.75) is 20.4 Å². The normalized spacial score (nSPS) is 10.2. The summed E-state index contributed by atoms with van der Waals surface area (Å²) < 4.78 is 0. The van der Waals surface area contributed by atoms with E-state index < -0.39 is 0 Å². The maximum Gasteiger partial charge on any atom is 0.252 e. The fraction of sp³-hybridized carbons (Fsp3) is 0.231. The van der Waals surface area contributed by atoms with Gasteiger partial charge in [0.2, 0.25) is 0 Å². The van der Waals surface area contributed by atoms with Crippen molar-refractivity contribution in [2.24, 2.45) is 0 Å². The minimum atomic E-state index is -0.0301. The summed E-state index contributed by atoms with van der Waals surface area (Å²) in [5.74, 6) is -0.0301. The maximum absolute atomic E-state index is 11.9. The van der Waals surface area contributed by atoms with E-state index in [2.05, 4.69) is 10.3 Å². The van der Waals surface area contributed by atoms with Crippen LogP contribution in [0.2, 0.25) is 0 Å². The number of aromatic nitrogens is 1. The number of nitrogens with zero attached hydrogens (tertiary/aromatic N) is 1. The Kier molecular flexibility index (Phi) is 3.54. The van der Waals surface area contributed by atoms with Crippen LogP contribution in [0.3, 0.4) is 0 Å². The van der Waals surface area contributed by atoms with E-state index >= 15 is 0 Å². The summed E-state index contributed by atoms with van der Waals surface area (Å²) in [7, 11) is 0. The van der Waals surface area contributed by atoms with Gasteiger partial charge in [-0.15, -0.1) is 11.3 Å². The molecule has 4 heteroatoms. The lowest BCUT2D eigenvalue weighted by molar-refractivity contribution is 0.0950. The number of aryl methyl sites for hydroxylation is 2. The molecule has 0 aromatic carbocycles. The molecule has 0 saturated carbocycles. The first-order valence-corrected chi connectivity index (χ1v) is 6.23. The predicted molar refractivity (Wildman–Crippen MR) is 69.2 cm³/mol. The van der Waals surface area contributed by atoms with Crippen molar-refractivity contribution in [1.29, 1.82) is 0 Å². The van der Waals surface area contributed by atoms with E-state index in [1.807, 2.05) is 38.1 Å². The van der Waals surface area contributed by atoms with Crippen molar-refractivity contribution < 1.29 is 4.79 Å². The number of hydrogen-bond acceptors (Lipinski definition) is 3. The molecule has 0 fully saturated rings. The minimum Gasteiger partial charge on any atom is -0.346 e. The molecule has 1 amide bonds. The van der Waals surface area contributed by atoms with Gasteiger partial charge in [0.15, 0.2) is 0 Å². The number of carbonyl (C=O) groups excluding carboxylic acids is 1. The molecule has 17 heavy (non-hydrogen) atoms. The number of carbonyl (C=O) groups is 1. The molecule has 0 saturated heterocycles. The van der Waals surface area contributed by atoms with Crippen molar-refractivity contribution in [3.63, 3.8) is 0 Å². The van der Waals surface area contributed by atoms with Crippen molar-refractivity contribution in [3.8, 4) is 0 Å². The van der Waals surface area contributed by atoms with Gasteiger partial charge in [-0.1, -0.05) is 6.07 Å². The molecule has 0 atom stereocenters. The molecule has 2 aromatic heterocycles. The van der Waals surface area contributed by atoms with E-state index in [4.69, 9.17) is 0 Å². The highest BCUT2D eigenvalue weighted by Gasteiger charge is 2.11. The topological polar surface area (TPSA) is 42.0 Å². The Morgan fingerprint density at radius 2 is 2.24 bits per heavy atom. The van der Waals surface area contributed by atoms with E-state index in [1.165, 1.54) is 0 Å². The fourth-order valence-electron chi connectivity index (χ4n) is 1.63. The molecule has 0 bridgehead atoms. The highest BCUT2D eigenvalue weighted by molar-refractivity contribution is 7.12. The summed E-state index contributed by atoms with van der Waals surface area (Å²) in [6.45, 7) is 4.44. The lowest BCUT2D eigenvalue weighted by Crippen LogP contribution is -2.23. The first-order chi connectivity index (χ1) is 8.16. The molecule has 1 N–H and O–H groups in total. The molecule has 88 valence electrons. The second kappa shape index (κ2) is 5.10. The summed E-state index contributed by atoms with van der Waals surface area (Å²) >= 11 is 1.64. The van der Waals surface area contributed by atoms with Gasteiger partial charge in [-0.2, -0.15) is 0 Å². The highest BCUT2D eigenvalue weighted by Crippen LogP contribution is 2.20. The van der Waals surface area contributed by atoms with Gasteiger partial charge >= 0.3 is 0 Å². The van der Waals surface area contributed by atoms with E-state index in [0.29, 0.717) is 6.54 Å². The van der Waals surface area contributed by atoms with E-state index in [1.54, 1.807) is 17.5 Å². The molecule has 0 radical (unpaired) electrons. The second-order valence-corrected chi connectivity index (χ2v) is 5.29. The Morgan fingerprint density at radius 1 is 1.41 bits per heavy atom. The molecule has 0 aliphatic heterocycles. The van der Waals surface area contributed by atoms with Crippen molar-refractivity contribution in [1.82, 2.24) is 10.3 Å². The number of nitrogens with one attached hydrogen (secondary N) is 1. The van der Waals surface area contributed by atoms with Crippen LogP contribution in [-0.2, 0) is 6.54 Å². The lowest BCUT2D eigenvalue weighted by Gasteiger charge is -2.03. The molecule has 0 aliphatic rings. The zero-order valence-electron chi connectivity index (χ0n) is 9.86. The molecule has 0 spiro atoms. The summed E-state index contributed by atoms with van der Waals surface area (Å²) in [4.78, 5) is 18.3. The van der Waals surface area contributed by atoms with Crippen molar-refractivity contribution >= 4 is 17.2 Å². The Morgan fingerprint density at radius 3 is 2.82 bits per heavy atom. The monoisotopic (exact) mass is 246 g/mol. The third-order valence-electron chi connectivity index (χ3n) is 2.44. The Hall–Kier alpha value is -1.68. The van der Waals surface area contributed by atoms with Gasteiger partial charge in [0.25, 0.3) is 5.91 Å². The van der Waals surface area contributed by atoms with Crippen LogP contribution < -0.4 is 5.32 Å². The third kappa shape index (κ3) is 2.91. The van der Waals surface area contributed by atoms with Crippen LogP contribution in [0.4, 0.5) is 0 Å². The highest BCUT2D eigenvalue weighted by atomic mass is 32.1. The second-order valence-electron chi connectivity index (χ2n) is 3.83. The van der Waals surface area contributed by atoms with E-state index in [0.717, 1.165) is 21.0 Å². The predicted octanol–water partition coefficient (Wildman–Crippen LogP) is 2.69. The van der Waals surface area contributed by atoms with Crippen LogP contribution in [0.1, 0.15) is 25.8 Å². The van der Waals surface area contributed by atoms with Crippen molar-refractivity contribution in [2.75, 3.05) is 0 Å². The van der Waals surface area contributed by atoms with Gasteiger partial charge in [-0.3, -0.25) is 9.78 Å². The molecule has 0 unspecified atom stereocenters. The number of thiophene rings is 1. The quantitative estimate of drug-likeness (QED) is 0.904. The van der Waals surface area contributed by atoms with Gasteiger partial charge in [-0.25, -0.2) is 0 Å². The van der Waals surface area contributed by atoms with Crippen LogP contribution in [0, 0.1) is 13.8 Å². The first kappa shape index (κ1) is 11.8. The fourth-order valence-corrected chi connectivity index (χ4v) is 2.55. The molecule has 0 aliphatic carbocycles. The Labute approximate surface area is 105 Å². The van der Waals surface area contributed by atoms with Crippen LogP contribution in [0.25, 0.3) is 0 Å². The van der Waals surface area contributed by atoms with E-state index in [-0.39, 0.29) is 5.91 Å². The average Bonchev–Trinajstić information content (AvgIpc) is 2.67. The van der Waals surface area contributed by atoms with Crippen molar-refractivity contribution in [3.05, 3.63) is 51.5 Å². The SMILES string of the molecule is Cc1cc(C(=O)NCc2ccccn2)c(C)s1. The largest absolute Gasteiger partial charge is 0.346 e. The zero-order chi connectivity index (χ0) is 12.3. The Balaban J connectivity index is 2.01. The van der Waals surface area contributed by atoms with Gasteiger partial charge in [-0.05, 0) is 32.0 Å². The smallest absolute Gasteiger partial charge is 0.252 e. The van der Waals surface area contributed by atoms with Gasteiger partial charge in [0, 0.05) is 16.0 Å². The summed E-state index contributed by atoms with van der Waals surface area (Å²) in [6.07, 6.45) is 1.72. The van der Waals surface area contributed by atoms with Crippen LogP contribution >= 0.6 is 11.3 Å². The van der Waals surface area contributed by atoms with Gasteiger partial charge < -0.3 is 5.32 Å². The molecular weight excluding hydrogens is 232 g/mol. The van der Waals surface area contributed by atoms with Crippen LogP contribution in [0.15, 0.2) is 30.5 Å². The standard InChI is InChI=1S/C13H14N2OS/c1-9-7-12(10(2)17-9)13(16)15-8-11-5-3-4-6-14-11/h3-7H,8H2,1-2H3,(H,15,16). The Bertz CT molecular complexity index is 519. The number of hydrogen-bond donors (Lipinski definition) is 1. The maximum atomic E-state index is 11.9. The summed E-state index contributed by atoms with van der Waals surface area (Å²) in [5.41, 5.74) is 1.63. The summed E-state index contributed by atoms with van der Waals surface area (Å²) in [6, 6.07) is 7.59. The van der Waals surface area contributed by atoms with Gasteiger partial charge in [0.1, 0.15) is 0 Å². The lowest BCUT2D eigenvalue weighted by atomic mass is 10.2. The third-order valence-corrected chi connectivity index (χ3v) is 3.41. The first-order valence-electron chi connectivity index (χ1n) is 5.42. The van der Waals surface area contributed by atoms with Gasteiger partial charge in [0.05, 0.1) is 17.8 Å². The minimum absolute atomic E-state index is 0.0301. The number of pyridine rings is 1. The molecule has 3 nitrogen and oxygen atoms in total. The molecular formula is C13H14N2OS.